The second-order valence-corrected chi connectivity index (χ2v) is 4.56. The van der Waals surface area contributed by atoms with Crippen molar-refractivity contribution in [2.45, 2.75) is 32.1 Å². The SMILES string of the molecule is O=C(O)CN1CCC2(CCCC2)C1. The molecule has 0 aromatic rings. The Labute approximate surface area is 78.7 Å². The molecule has 1 saturated carbocycles. The highest BCUT2D eigenvalue weighted by Gasteiger charge is 2.40. The smallest absolute Gasteiger partial charge is 0.317 e. The first-order valence-corrected chi connectivity index (χ1v) is 5.14. The minimum absolute atomic E-state index is 0.238. The summed E-state index contributed by atoms with van der Waals surface area (Å²) in [5.41, 5.74) is 0.509. The zero-order valence-electron chi connectivity index (χ0n) is 7.96. The van der Waals surface area contributed by atoms with Crippen LogP contribution in [0.3, 0.4) is 0 Å². The van der Waals surface area contributed by atoms with Crippen molar-refractivity contribution in [1.82, 2.24) is 4.90 Å². The standard InChI is InChI=1S/C10H17NO2/c12-9(13)7-11-6-5-10(8-11)3-1-2-4-10/h1-8H2,(H,12,13). The van der Waals surface area contributed by atoms with Crippen molar-refractivity contribution in [2.24, 2.45) is 5.41 Å². The lowest BCUT2D eigenvalue weighted by Crippen LogP contribution is -2.29. The number of likely N-dealkylation sites (tertiary alicyclic amines) is 1. The van der Waals surface area contributed by atoms with Crippen LogP contribution in [0.5, 0.6) is 0 Å². The summed E-state index contributed by atoms with van der Waals surface area (Å²) in [5.74, 6) is -0.685. The van der Waals surface area contributed by atoms with Gasteiger partial charge in [-0.25, -0.2) is 0 Å². The monoisotopic (exact) mass is 183 g/mol. The summed E-state index contributed by atoms with van der Waals surface area (Å²) in [7, 11) is 0. The van der Waals surface area contributed by atoms with Crippen molar-refractivity contribution < 1.29 is 9.90 Å². The Morgan fingerprint density at radius 2 is 2.00 bits per heavy atom. The first-order chi connectivity index (χ1) is 6.20. The number of hydrogen-bond acceptors (Lipinski definition) is 2. The minimum atomic E-state index is -0.685. The van der Waals surface area contributed by atoms with E-state index in [1.54, 1.807) is 0 Å². The fourth-order valence-electron chi connectivity index (χ4n) is 2.89. The topological polar surface area (TPSA) is 40.5 Å². The first-order valence-electron chi connectivity index (χ1n) is 5.14. The van der Waals surface area contributed by atoms with E-state index >= 15 is 0 Å². The molecule has 1 heterocycles. The number of nitrogens with zero attached hydrogens (tertiary/aromatic N) is 1. The average molecular weight is 183 g/mol. The van der Waals surface area contributed by atoms with E-state index in [1.807, 2.05) is 0 Å². The van der Waals surface area contributed by atoms with Gasteiger partial charge < -0.3 is 5.11 Å². The highest BCUT2D eigenvalue weighted by Crippen LogP contribution is 2.45. The molecule has 1 aliphatic heterocycles. The van der Waals surface area contributed by atoms with E-state index in [-0.39, 0.29) is 6.54 Å². The van der Waals surface area contributed by atoms with E-state index in [2.05, 4.69) is 4.90 Å². The molecule has 1 saturated heterocycles. The zero-order valence-corrected chi connectivity index (χ0v) is 7.96. The number of carboxylic acids is 1. The van der Waals surface area contributed by atoms with Crippen molar-refractivity contribution in [1.29, 1.82) is 0 Å². The Balaban J connectivity index is 1.89. The fourth-order valence-corrected chi connectivity index (χ4v) is 2.89. The number of carbonyl (C=O) groups is 1. The van der Waals surface area contributed by atoms with Crippen LogP contribution in [0.15, 0.2) is 0 Å². The van der Waals surface area contributed by atoms with Gasteiger partial charge in [0.05, 0.1) is 6.54 Å². The lowest BCUT2D eigenvalue weighted by atomic mass is 9.86. The molecule has 74 valence electrons. The van der Waals surface area contributed by atoms with Gasteiger partial charge in [0, 0.05) is 6.54 Å². The minimum Gasteiger partial charge on any atom is -0.480 e. The number of aliphatic carboxylic acids is 1. The van der Waals surface area contributed by atoms with Gasteiger partial charge in [0.15, 0.2) is 0 Å². The Morgan fingerprint density at radius 3 is 2.62 bits per heavy atom. The van der Waals surface area contributed by atoms with Crippen molar-refractivity contribution >= 4 is 5.97 Å². The molecule has 3 heteroatoms. The highest BCUT2D eigenvalue weighted by atomic mass is 16.4. The van der Waals surface area contributed by atoms with Crippen molar-refractivity contribution in [2.75, 3.05) is 19.6 Å². The molecular formula is C10H17NO2. The maximum Gasteiger partial charge on any atom is 0.317 e. The molecule has 0 bridgehead atoms. The van der Waals surface area contributed by atoms with Crippen LogP contribution >= 0.6 is 0 Å². The molecule has 3 nitrogen and oxygen atoms in total. The second-order valence-electron chi connectivity index (χ2n) is 4.56. The Bertz CT molecular complexity index is 209. The van der Waals surface area contributed by atoms with Gasteiger partial charge in [-0.15, -0.1) is 0 Å². The van der Waals surface area contributed by atoms with Crippen LogP contribution in [0, 0.1) is 5.41 Å². The fraction of sp³-hybridized carbons (Fsp3) is 0.900. The van der Waals surface area contributed by atoms with E-state index in [4.69, 9.17) is 5.11 Å². The van der Waals surface area contributed by atoms with Crippen molar-refractivity contribution in [3.8, 4) is 0 Å². The van der Waals surface area contributed by atoms with Gasteiger partial charge in [-0.1, -0.05) is 12.8 Å². The van der Waals surface area contributed by atoms with Crippen LogP contribution in [0.4, 0.5) is 0 Å². The summed E-state index contributed by atoms with van der Waals surface area (Å²) in [5, 5.41) is 8.66. The largest absolute Gasteiger partial charge is 0.480 e. The summed E-state index contributed by atoms with van der Waals surface area (Å²) in [6, 6.07) is 0. The number of hydrogen-bond donors (Lipinski definition) is 1. The van der Waals surface area contributed by atoms with Gasteiger partial charge in [0.25, 0.3) is 0 Å². The van der Waals surface area contributed by atoms with Gasteiger partial charge in [0.1, 0.15) is 0 Å². The third-order valence-electron chi connectivity index (χ3n) is 3.54. The van der Waals surface area contributed by atoms with E-state index in [0.29, 0.717) is 5.41 Å². The van der Waals surface area contributed by atoms with E-state index in [0.717, 1.165) is 13.1 Å². The predicted octanol–water partition coefficient (Wildman–Crippen LogP) is 1.34. The van der Waals surface area contributed by atoms with Gasteiger partial charge in [0.2, 0.25) is 0 Å². The van der Waals surface area contributed by atoms with Gasteiger partial charge in [-0.2, -0.15) is 0 Å². The lowest BCUT2D eigenvalue weighted by molar-refractivity contribution is -0.138. The first kappa shape index (κ1) is 9.00. The molecular weight excluding hydrogens is 166 g/mol. The average Bonchev–Trinajstić information content (AvgIpc) is 2.63. The molecule has 13 heavy (non-hydrogen) atoms. The molecule has 0 atom stereocenters. The summed E-state index contributed by atoms with van der Waals surface area (Å²) in [4.78, 5) is 12.6. The molecule has 2 rings (SSSR count). The molecule has 0 amide bonds. The molecule has 1 aliphatic carbocycles. The molecule has 2 fully saturated rings. The molecule has 0 aromatic carbocycles. The normalized spacial score (nSPS) is 27.1. The van der Waals surface area contributed by atoms with Gasteiger partial charge in [-0.05, 0) is 31.2 Å². The Morgan fingerprint density at radius 1 is 1.31 bits per heavy atom. The molecule has 0 radical (unpaired) electrons. The molecule has 0 unspecified atom stereocenters. The maximum absolute atomic E-state index is 10.5. The summed E-state index contributed by atoms with van der Waals surface area (Å²) in [6.07, 6.45) is 6.56. The number of rotatable bonds is 2. The van der Waals surface area contributed by atoms with Crippen LogP contribution in [0.25, 0.3) is 0 Å². The third-order valence-corrected chi connectivity index (χ3v) is 3.54. The van der Waals surface area contributed by atoms with Gasteiger partial charge in [-0.3, -0.25) is 9.69 Å². The van der Waals surface area contributed by atoms with Crippen LogP contribution in [-0.2, 0) is 4.79 Å². The molecule has 2 aliphatic rings. The van der Waals surface area contributed by atoms with Crippen LogP contribution in [-0.4, -0.2) is 35.6 Å². The number of carboxylic acid groups (broad SMARTS) is 1. The Hall–Kier alpha value is -0.570. The molecule has 1 N–H and O–H groups in total. The predicted molar refractivity (Wildman–Crippen MR) is 49.6 cm³/mol. The van der Waals surface area contributed by atoms with Gasteiger partial charge >= 0.3 is 5.97 Å². The van der Waals surface area contributed by atoms with E-state index in [1.165, 1.54) is 32.1 Å². The molecule has 1 spiro atoms. The van der Waals surface area contributed by atoms with E-state index in [9.17, 15) is 4.79 Å². The summed E-state index contributed by atoms with van der Waals surface area (Å²) < 4.78 is 0. The summed E-state index contributed by atoms with van der Waals surface area (Å²) in [6.45, 7) is 2.26. The van der Waals surface area contributed by atoms with Crippen molar-refractivity contribution in [3.05, 3.63) is 0 Å². The maximum atomic E-state index is 10.5. The lowest BCUT2D eigenvalue weighted by Gasteiger charge is -2.22. The summed E-state index contributed by atoms with van der Waals surface area (Å²) >= 11 is 0. The zero-order chi connectivity index (χ0) is 9.31. The van der Waals surface area contributed by atoms with Crippen LogP contribution in [0.2, 0.25) is 0 Å². The Kier molecular flexibility index (Phi) is 2.28. The van der Waals surface area contributed by atoms with Crippen LogP contribution in [0.1, 0.15) is 32.1 Å². The van der Waals surface area contributed by atoms with E-state index < -0.39 is 5.97 Å². The quantitative estimate of drug-likeness (QED) is 0.702. The van der Waals surface area contributed by atoms with Crippen LogP contribution < -0.4 is 0 Å². The van der Waals surface area contributed by atoms with Crippen molar-refractivity contribution in [3.63, 3.8) is 0 Å². The second kappa shape index (κ2) is 3.29. The highest BCUT2D eigenvalue weighted by molar-refractivity contribution is 5.69. The molecule has 0 aromatic heterocycles. The third kappa shape index (κ3) is 1.85.